The second-order valence-electron chi connectivity index (χ2n) is 3.08. The van der Waals surface area contributed by atoms with Crippen molar-refractivity contribution in [3.63, 3.8) is 0 Å². The zero-order valence-corrected chi connectivity index (χ0v) is 7.62. The Bertz CT molecular complexity index is 326. The van der Waals surface area contributed by atoms with Crippen molar-refractivity contribution in [2.24, 2.45) is 10.1 Å². The minimum atomic E-state index is -0.217. The average molecular weight is 175 g/mol. The molecule has 1 radical (unpaired) electrons. The molecule has 1 unspecified atom stereocenters. The summed E-state index contributed by atoms with van der Waals surface area (Å²) >= 11 is 4.46. The van der Waals surface area contributed by atoms with E-state index < -0.39 is 0 Å². The third-order valence-electron chi connectivity index (χ3n) is 1.80. The molecule has 0 N–H and O–H groups in total. The predicted octanol–water partition coefficient (Wildman–Crippen LogP) is 2.10. The Hall–Kier alpha value is -0.765. The van der Waals surface area contributed by atoms with Crippen molar-refractivity contribution in [2.75, 3.05) is 0 Å². The predicted molar refractivity (Wildman–Crippen MR) is 53.3 cm³/mol. The maximum absolute atomic E-state index is 4.46. The van der Waals surface area contributed by atoms with Crippen LogP contribution in [0.4, 0.5) is 0 Å². The van der Waals surface area contributed by atoms with Crippen LogP contribution >= 0.6 is 12.6 Å². The lowest BCUT2D eigenvalue weighted by atomic mass is 9.83. The molecule has 0 saturated carbocycles. The fourth-order valence-electron chi connectivity index (χ4n) is 1.19. The Labute approximate surface area is 77.8 Å². The van der Waals surface area contributed by atoms with Gasteiger partial charge in [-0.1, -0.05) is 18.2 Å². The first-order chi connectivity index (χ1) is 5.67. The van der Waals surface area contributed by atoms with Crippen LogP contribution in [0.1, 0.15) is 6.92 Å². The highest BCUT2D eigenvalue weighted by molar-refractivity contribution is 7.82. The van der Waals surface area contributed by atoms with E-state index in [0.29, 0.717) is 0 Å². The number of thiol groups is 1. The average Bonchev–Trinajstić information content (AvgIpc) is 2.31. The van der Waals surface area contributed by atoms with Gasteiger partial charge in [0.2, 0.25) is 0 Å². The van der Waals surface area contributed by atoms with Gasteiger partial charge in [0.05, 0.1) is 5.70 Å². The molecular formula is C8H8BN2S. The van der Waals surface area contributed by atoms with Crippen LogP contribution < -0.4 is 0 Å². The number of hydrogen-bond donors (Lipinski definition) is 1. The summed E-state index contributed by atoms with van der Waals surface area (Å²) in [5.74, 6) is 0. The molecule has 1 aliphatic heterocycles. The SMILES string of the molecule is CC1(S)C=CC=C2[B]N=NC2=C1. The summed E-state index contributed by atoms with van der Waals surface area (Å²) in [5.41, 5.74) is 1.97. The summed E-state index contributed by atoms with van der Waals surface area (Å²) in [4.78, 5) is 0. The Kier molecular flexibility index (Phi) is 1.72. The number of nitrogens with zero attached hydrogens (tertiary/aromatic N) is 2. The minimum absolute atomic E-state index is 0.217. The molecule has 59 valence electrons. The zero-order valence-electron chi connectivity index (χ0n) is 6.73. The van der Waals surface area contributed by atoms with Crippen LogP contribution in [0.25, 0.3) is 0 Å². The Morgan fingerprint density at radius 2 is 2.42 bits per heavy atom. The molecule has 0 aromatic heterocycles. The number of rotatable bonds is 0. The van der Waals surface area contributed by atoms with Crippen LogP contribution in [0.15, 0.2) is 45.6 Å². The number of allylic oxidation sites excluding steroid dienone is 3. The van der Waals surface area contributed by atoms with Crippen LogP contribution in [0.2, 0.25) is 0 Å². The first kappa shape index (κ1) is 7.86. The molecule has 0 amide bonds. The van der Waals surface area contributed by atoms with E-state index in [4.69, 9.17) is 0 Å². The summed E-state index contributed by atoms with van der Waals surface area (Å²) in [7, 11) is 1.76. The molecule has 1 aliphatic carbocycles. The third kappa shape index (κ3) is 1.39. The van der Waals surface area contributed by atoms with Gasteiger partial charge in [-0.25, -0.2) is 0 Å². The van der Waals surface area contributed by atoms with Crippen molar-refractivity contribution in [1.82, 2.24) is 0 Å². The molecule has 2 nitrogen and oxygen atoms in total. The molecule has 4 heteroatoms. The highest BCUT2D eigenvalue weighted by atomic mass is 32.1. The summed E-state index contributed by atoms with van der Waals surface area (Å²) in [6, 6.07) is 0. The molecule has 0 spiro atoms. The molecule has 0 bridgehead atoms. The summed E-state index contributed by atoms with van der Waals surface area (Å²) in [6.07, 6.45) is 8.00. The van der Waals surface area contributed by atoms with Crippen molar-refractivity contribution >= 4 is 20.0 Å². The van der Waals surface area contributed by atoms with Crippen LogP contribution in [0.3, 0.4) is 0 Å². The molecule has 0 saturated heterocycles. The highest BCUT2D eigenvalue weighted by Crippen LogP contribution is 2.28. The molecule has 0 aromatic rings. The number of fused-ring (bicyclic) bond motifs is 1. The number of hydrogen-bond acceptors (Lipinski definition) is 3. The highest BCUT2D eigenvalue weighted by Gasteiger charge is 2.20. The van der Waals surface area contributed by atoms with E-state index in [1.807, 2.05) is 31.2 Å². The topological polar surface area (TPSA) is 24.7 Å². The third-order valence-corrected chi connectivity index (χ3v) is 2.07. The van der Waals surface area contributed by atoms with Crippen molar-refractivity contribution in [3.05, 3.63) is 35.5 Å². The molecule has 0 fully saturated rings. The van der Waals surface area contributed by atoms with Crippen LogP contribution in [0.5, 0.6) is 0 Å². The van der Waals surface area contributed by atoms with Crippen molar-refractivity contribution in [2.45, 2.75) is 11.7 Å². The van der Waals surface area contributed by atoms with Crippen LogP contribution in [-0.4, -0.2) is 12.2 Å². The van der Waals surface area contributed by atoms with E-state index in [-0.39, 0.29) is 4.75 Å². The van der Waals surface area contributed by atoms with Crippen LogP contribution in [-0.2, 0) is 0 Å². The maximum atomic E-state index is 4.46. The fourth-order valence-corrected chi connectivity index (χ4v) is 1.40. The molecule has 0 aromatic carbocycles. The van der Waals surface area contributed by atoms with E-state index in [2.05, 4.69) is 22.8 Å². The molecule has 1 heterocycles. The van der Waals surface area contributed by atoms with Gasteiger partial charge in [-0.3, -0.25) is 5.03 Å². The summed E-state index contributed by atoms with van der Waals surface area (Å²) < 4.78 is -0.217. The van der Waals surface area contributed by atoms with E-state index in [1.165, 1.54) is 0 Å². The van der Waals surface area contributed by atoms with Crippen molar-refractivity contribution < 1.29 is 0 Å². The molecule has 12 heavy (non-hydrogen) atoms. The second kappa shape index (κ2) is 2.63. The first-order valence-electron chi connectivity index (χ1n) is 3.77. The van der Waals surface area contributed by atoms with Gasteiger partial charge in [-0.15, -0.1) is 0 Å². The summed E-state index contributed by atoms with van der Waals surface area (Å²) in [6.45, 7) is 2.02. The van der Waals surface area contributed by atoms with Gasteiger partial charge in [0.25, 0.3) is 0 Å². The van der Waals surface area contributed by atoms with Crippen molar-refractivity contribution in [1.29, 1.82) is 0 Å². The van der Waals surface area contributed by atoms with E-state index in [0.717, 1.165) is 11.2 Å². The molecule has 2 rings (SSSR count). The zero-order chi connectivity index (χ0) is 8.60. The maximum Gasteiger partial charge on any atom is 0.345 e. The van der Waals surface area contributed by atoms with Crippen LogP contribution in [0, 0.1) is 0 Å². The minimum Gasteiger partial charge on any atom is -0.253 e. The first-order valence-corrected chi connectivity index (χ1v) is 4.21. The molecular weight excluding hydrogens is 167 g/mol. The van der Waals surface area contributed by atoms with E-state index in [9.17, 15) is 0 Å². The van der Waals surface area contributed by atoms with Gasteiger partial charge in [-0.05, 0) is 18.5 Å². The quantitative estimate of drug-likeness (QED) is 0.430. The molecule has 2 aliphatic rings. The largest absolute Gasteiger partial charge is 0.345 e. The normalized spacial score (nSPS) is 31.8. The molecule has 1 atom stereocenters. The summed E-state index contributed by atoms with van der Waals surface area (Å²) in [5, 5.41) is 7.82. The van der Waals surface area contributed by atoms with Gasteiger partial charge in [0.15, 0.2) is 0 Å². The smallest absolute Gasteiger partial charge is 0.253 e. The van der Waals surface area contributed by atoms with Crippen molar-refractivity contribution in [3.8, 4) is 0 Å². The van der Waals surface area contributed by atoms with Gasteiger partial charge < -0.3 is 0 Å². The standard InChI is InChI=1S/C8H8BN2S/c1-8(12)4-2-3-6-7(5-8)10-11-9-6/h2-5,12H,1H3. The van der Waals surface area contributed by atoms with E-state index in [1.54, 1.807) is 7.41 Å². The Balaban J connectivity index is 2.45. The second-order valence-corrected chi connectivity index (χ2v) is 4.04. The Morgan fingerprint density at radius 1 is 1.58 bits per heavy atom. The van der Waals surface area contributed by atoms with E-state index >= 15 is 0 Å². The fraction of sp³-hybridized carbons (Fsp3) is 0.250. The van der Waals surface area contributed by atoms with Gasteiger partial charge in [-0.2, -0.15) is 17.7 Å². The van der Waals surface area contributed by atoms with Gasteiger partial charge in [0.1, 0.15) is 0 Å². The lowest BCUT2D eigenvalue weighted by molar-refractivity contribution is 1.00. The lowest BCUT2D eigenvalue weighted by Crippen LogP contribution is -2.07. The van der Waals surface area contributed by atoms with Gasteiger partial charge in [0, 0.05) is 4.75 Å². The lowest BCUT2D eigenvalue weighted by Gasteiger charge is -2.12. The monoisotopic (exact) mass is 175 g/mol. The Morgan fingerprint density at radius 3 is 3.25 bits per heavy atom. The van der Waals surface area contributed by atoms with Gasteiger partial charge >= 0.3 is 7.41 Å².